The van der Waals surface area contributed by atoms with Crippen molar-refractivity contribution in [3.05, 3.63) is 22.2 Å². The Balaban J connectivity index is 2.27. The van der Waals surface area contributed by atoms with E-state index >= 15 is 0 Å². The minimum absolute atomic E-state index is 0.0235. The molecule has 1 atom stereocenters. The number of aliphatic hydroxyl groups is 1. The van der Waals surface area contributed by atoms with E-state index in [4.69, 9.17) is 0 Å². The molecule has 1 aliphatic heterocycles. The Morgan fingerprint density at radius 2 is 2.20 bits per heavy atom. The zero-order chi connectivity index (χ0) is 14.8. The molecule has 1 saturated heterocycles. The third kappa shape index (κ3) is 3.36. The van der Waals surface area contributed by atoms with Gasteiger partial charge in [-0.15, -0.1) is 0 Å². The SMILES string of the molecule is CNc1cc([N+](=O)[O-])cc(N2CCCC(C)(O)CC2)n1. The van der Waals surface area contributed by atoms with Crippen LogP contribution < -0.4 is 10.2 Å². The van der Waals surface area contributed by atoms with Crippen molar-refractivity contribution in [2.75, 3.05) is 30.4 Å². The van der Waals surface area contributed by atoms with Crippen LogP contribution in [0.25, 0.3) is 0 Å². The first-order valence-electron chi connectivity index (χ1n) is 6.73. The predicted octanol–water partition coefficient (Wildman–Crippen LogP) is 1.77. The third-order valence-corrected chi connectivity index (χ3v) is 3.65. The van der Waals surface area contributed by atoms with Gasteiger partial charge in [-0.3, -0.25) is 10.1 Å². The van der Waals surface area contributed by atoms with Gasteiger partial charge in [0.05, 0.1) is 22.7 Å². The van der Waals surface area contributed by atoms with Gasteiger partial charge in [0.1, 0.15) is 11.6 Å². The summed E-state index contributed by atoms with van der Waals surface area (Å²) in [4.78, 5) is 16.9. The van der Waals surface area contributed by atoms with E-state index in [9.17, 15) is 15.2 Å². The molecule has 1 aromatic rings. The van der Waals surface area contributed by atoms with Crippen LogP contribution >= 0.6 is 0 Å². The highest BCUT2D eigenvalue weighted by Crippen LogP contribution is 2.27. The highest BCUT2D eigenvalue weighted by molar-refractivity contribution is 5.55. The summed E-state index contributed by atoms with van der Waals surface area (Å²) in [7, 11) is 1.68. The molecule has 0 saturated carbocycles. The monoisotopic (exact) mass is 280 g/mol. The van der Waals surface area contributed by atoms with E-state index in [-0.39, 0.29) is 5.69 Å². The molecule has 0 aromatic carbocycles. The summed E-state index contributed by atoms with van der Waals surface area (Å²) in [6.07, 6.45) is 2.20. The van der Waals surface area contributed by atoms with Gasteiger partial charge in [-0.1, -0.05) is 0 Å². The van der Waals surface area contributed by atoms with Crippen molar-refractivity contribution in [2.24, 2.45) is 0 Å². The van der Waals surface area contributed by atoms with Gasteiger partial charge in [0.15, 0.2) is 0 Å². The fourth-order valence-corrected chi connectivity index (χ4v) is 2.39. The lowest BCUT2D eigenvalue weighted by molar-refractivity contribution is -0.384. The van der Waals surface area contributed by atoms with Crippen molar-refractivity contribution in [3.8, 4) is 0 Å². The molecule has 0 aliphatic carbocycles. The molecule has 0 bridgehead atoms. The van der Waals surface area contributed by atoms with Crippen molar-refractivity contribution in [1.82, 2.24) is 4.98 Å². The van der Waals surface area contributed by atoms with Crippen LogP contribution in [0.3, 0.4) is 0 Å². The summed E-state index contributed by atoms with van der Waals surface area (Å²) in [5, 5.41) is 23.9. The molecule has 1 aromatic heterocycles. The second-order valence-electron chi connectivity index (χ2n) is 5.41. The van der Waals surface area contributed by atoms with Crippen LogP contribution in [-0.4, -0.2) is 40.8 Å². The first kappa shape index (κ1) is 14.5. The van der Waals surface area contributed by atoms with Crippen molar-refractivity contribution in [1.29, 1.82) is 0 Å². The standard InChI is InChI=1S/C13H20N4O3/c1-13(18)4-3-6-16(7-5-13)12-9-10(17(19)20)8-11(14-2)15-12/h8-9,18H,3-7H2,1-2H3,(H,14,15). The minimum atomic E-state index is -0.665. The highest BCUT2D eigenvalue weighted by Gasteiger charge is 2.26. The zero-order valence-corrected chi connectivity index (χ0v) is 11.8. The Labute approximate surface area is 117 Å². The Hall–Kier alpha value is -1.89. The molecule has 2 heterocycles. The van der Waals surface area contributed by atoms with Crippen LogP contribution in [0.4, 0.5) is 17.3 Å². The van der Waals surface area contributed by atoms with Gasteiger partial charge in [-0.25, -0.2) is 4.98 Å². The maximum absolute atomic E-state index is 11.0. The molecule has 2 N–H and O–H groups in total. The Kier molecular flexibility index (Phi) is 4.08. The number of nitrogens with one attached hydrogen (secondary N) is 1. The van der Waals surface area contributed by atoms with E-state index in [1.165, 1.54) is 12.1 Å². The van der Waals surface area contributed by atoms with Crippen LogP contribution in [0.5, 0.6) is 0 Å². The van der Waals surface area contributed by atoms with E-state index in [1.54, 1.807) is 7.05 Å². The average molecular weight is 280 g/mol. The van der Waals surface area contributed by atoms with Gasteiger partial charge < -0.3 is 15.3 Å². The van der Waals surface area contributed by atoms with E-state index in [1.807, 2.05) is 11.8 Å². The van der Waals surface area contributed by atoms with Crippen LogP contribution in [0, 0.1) is 10.1 Å². The fraction of sp³-hybridized carbons (Fsp3) is 0.615. The normalized spacial score (nSPS) is 23.2. The van der Waals surface area contributed by atoms with E-state index in [2.05, 4.69) is 10.3 Å². The average Bonchev–Trinajstić information content (AvgIpc) is 2.59. The molecule has 0 spiro atoms. The Morgan fingerprint density at radius 1 is 1.45 bits per heavy atom. The second-order valence-corrected chi connectivity index (χ2v) is 5.41. The number of aromatic nitrogens is 1. The molecule has 20 heavy (non-hydrogen) atoms. The first-order valence-corrected chi connectivity index (χ1v) is 6.73. The fourth-order valence-electron chi connectivity index (χ4n) is 2.39. The van der Waals surface area contributed by atoms with Crippen LogP contribution in [0.15, 0.2) is 12.1 Å². The van der Waals surface area contributed by atoms with E-state index < -0.39 is 10.5 Å². The smallest absolute Gasteiger partial charge is 0.276 e. The third-order valence-electron chi connectivity index (χ3n) is 3.65. The largest absolute Gasteiger partial charge is 0.390 e. The number of rotatable bonds is 3. The van der Waals surface area contributed by atoms with Crippen molar-refractivity contribution in [2.45, 2.75) is 31.8 Å². The molecular weight excluding hydrogens is 260 g/mol. The molecule has 7 heteroatoms. The van der Waals surface area contributed by atoms with Gasteiger partial charge in [0.25, 0.3) is 5.69 Å². The number of nitro groups is 1. The molecule has 1 aliphatic rings. The molecule has 110 valence electrons. The lowest BCUT2D eigenvalue weighted by atomic mass is 9.98. The van der Waals surface area contributed by atoms with Gasteiger partial charge in [-0.2, -0.15) is 0 Å². The summed E-state index contributed by atoms with van der Waals surface area (Å²) in [5.74, 6) is 1.06. The zero-order valence-electron chi connectivity index (χ0n) is 11.8. The summed E-state index contributed by atoms with van der Waals surface area (Å²) < 4.78 is 0. The molecule has 7 nitrogen and oxygen atoms in total. The predicted molar refractivity (Wildman–Crippen MR) is 77.1 cm³/mol. The summed E-state index contributed by atoms with van der Waals surface area (Å²) in [6, 6.07) is 2.90. The summed E-state index contributed by atoms with van der Waals surface area (Å²) >= 11 is 0. The quantitative estimate of drug-likeness (QED) is 0.647. The minimum Gasteiger partial charge on any atom is -0.390 e. The number of nitrogens with zero attached hydrogens (tertiary/aromatic N) is 3. The van der Waals surface area contributed by atoms with E-state index in [0.29, 0.717) is 24.6 Å². The van der Waals surface area contributed by atoms with E-state index in [0.717, 1.165) is 19.4 Å². The lowest BCUT2D eigenvalue weighted by Gasteiger charge is -2.23. The highest BCUT2D eigenvalue weighted by atomic mass is 16.6. The second kappa shape index (κ2) is 5.62. The maximum Gasteiger partial charge on any atom is 0.276 e. The maximum atomic E-state index is 11.0. The first-order chi connectivity index (χ1) is 9.41. The molecular formula is C13H20N4O3. The molecule has 0 radical (unpaired) electrons. The number of anilines is 2. The van der Waals surface area contributed by atoms with Gasteiger partial charge in [0, 0.05) is 20.1 Å². The molecule has 1 fully saturated rings. The summed E-state index contributed by atoms with van der Waals surface area (Å²) in [5.41, 5.74) is -0.642. The Bertz CT molecular complexity index is 504. The summed E-state index contributed by atoms with van der Waals surface area (Å²) in [6.45, 7) is 3.22. The lowest BCUT2D eigenvalue weighted by Crippen LogP contribution is -2.28. The van der Waals surface area contributed by atoms with Crippen LogP contribution in [0.1, 0.15) is 26.2 Å². The number of hydrogen-bond acceptors (Lipinski definition) is 6. The van der Waals surface area contributed by atoms with Crippen molar-refractivity contribution in [3.63, 3.8) is 0 Å². The topological polar surface area (TPSA) is 91.5 Å². The molecule has 0 amide bonds. The molecule has 1 unspecified atom stereocenters. The van der Waals surface area contributed by atoms with Gasteiger partial charge in [-0.05, 0) is 26.2 Å². The van der Waals surface area contributed by atoms with Crippen LogP contribution in [-0.2, 0) is 0 Å². The molecule has 2 rings (SSSR count). The Morgan fingerprint density at radius 3 is 2.85 bits per heavy atom. The number of pyridine rings is 1. The van der Waals surface area contributed by atoms with Crippen molar-refractivity contribution >= 4 is 17.3 Å². The van der Waals surface area contributed by atoms with Gasteiger partial charge >= 0.3 is 0 Å². The van der Waals surface area contributed by atoms with Crippen molar-refractivity contribution < 1.29 is 10.0 Å². The number of hydrogen-bond donors (Lipinski definition) is 2. The van der Waals surface area contributed by atoms with Gasteiger partial charge in [0.2, 0.25) is 0 Å². The van der Waals surface area contributed by atoms with Crippen LogP contribution in [0.2, 0.25) is 0 Å².